The Balaban J connectivity index is 1.97. The minimum absolute atomic E-state index is 1.30. The Kier molecular flexibility index (Phi) is 13.6. The summed E-state index contributed by atoms with van der Waals surface area (Å²) in [5.41, 5.74) is 0. The third kappa shape index (κ3) is 10.8. The van der Waals surface area contributed by atoms with Crippen LogP contribution in [0.5, 0.6) is 0 Å². The molecule has 0 radical (unpaired) electrons. The van der Waals surface area contributed by atoms with Gasteiger partial charge in [-0.1, -0.05) is 78.1 Å². The predicted octanol–water partition coefficient (Wildman–Crippen LogP) is 8.65. The highest BCUT2D eigenvalue weighted by Gasteiger charge is 2.07. The molecule has 0 fully saturated rings. The zero-order valence-electron chi connectivity index (χ0n) is 14.9. The highest BCUT2D eigenvalue weighted by Crippen LogP contribution is 2.38. The zero-order chi connectivity index (χ0) is 15.9. The normalized spacial score (nSPS) is 14.8. The molecule has 0 atom stereocenters. The van der Waals surface area contributed by atoms with Crippen LogP contribution in [0.25, 0.3) is 0 Å². The largest absolute Gasteiger partial charge is 0.101 e. The number of thioether (sulfide) groups is 2. The van der Waals surface area contributed by atoms with Gasteiger partial charge in [0.25, 0.3) is 0 Å². The van der Waals surface area contributed by atoms with Crippen molar-refractivity contribution in [2.24, 2.45) is 0 Å². The fraction of sp³-hybridized carbons (Fsp3) is 0.800. The van der Waals surface area contributed by atoms with Gasteiger partial charge in [-0.05, 0) is 46.3 Å². The van der Waals surface area contributed by atoms with E-state index in [0.29, 0.717) is 0 Å². The van der Waals surface area contributed by atoms with Crippen LogP contribution < -0.4 is 0 Å². The second-order valence-corrected chi connectivity index (χ2v) is 8.43. The molecule has 1 heterocycles. The quantitative estimate of drug-likeness (QED) is 0.290. The smallest absolute Gasteiger partial charge is 0.00417 e. The number of rotatable bonds is 14. The number of allylic oxidation sites excluding steroid dienone is 2. The van der Waals surface area contributed by atoms with E-state index in [9.17, 15) is 0 Å². The molecule has 1 aliphatic heterocycles. The van der Waals surface area contributed by atoms with E-state index < -0.39 is 0 Å². The second kappa shape index (κ2) is 14.8. The van der Waals surface area contributed by atoms with E-state index in [1.165, 1.54) is 89.9 Å². The summed E-state index contributed by atoms with van der Waals surface area (Å²) in [4.78, 5) is 3.18. The molecule has 128 valence electrons. The number of hydrogen-bond donors (Lipinski definition) is 0. The molecule has 1 aliphatic rings. The lowest BCUT2D eigenvalue weighted by molar-refractivity contribution is 0.610. The SMILES string of the molecule is CCCCCCCCC1=CSC(CCCCCCCC)=CS1. The number of unbranched alkanes of at least 4 members (excludes halogenated alkanes) is 10. The van der Waals surface area contributed by atoms with E-state index in [1.54, 1.807) is 9.81 Å². The molecule has 0 aliphatic carbocycles. The summed E-state index contributed by atoms with van der Waals surface area (Å²) in [6, 6.07) is 0. The average molecular weight is 341 g/mol. The standard InChI is InChI=1S/C20H36S2/c1-3-5-7-9-11-13-15-19-17-22-20(18-21-19)16-14-12-10-8-6-4-2/h17-18H,3-16H2,1-2H3. The second-order valence-electron chi connectivity index (χ2n) is 6.44. The highest BCUT2D eigenvalue weighted by molar-refractivity contribution is 8.12. The molecule has 0 saturated carbocycles. The summed E-state index contributed by atoms with van der Waals surface area (Å²) >= 11 is 3.98. The molecule has 0 aromatic heterocycles. The fourth-order valence-electron chi connectivity index (χ4n) is 2.73. The van der Waals surface area contributed by atoms with Crippen LogP contribution in [0.1, 0.15) is 104 Å². The predicted molar refractivity (Wildman–Crippen MR) is 107 cm³/mol. The van der Waals surface area contributed by atoms with Gasteiger partial charge in [-0.2, -0.15) is 0 Å². The Labute approximate surface area is 148 Å². The van der Waals surface area contributed by atoms with Gasteiger partial charge in [0.15, 0.2) is 0 Å². The lowest BCUT2D eigenvalue weighted by Gasteiger charge is -2.13. The van der Waals surface area contributed by atoms with E-state index in [2.05, 4.69) is 24.7 Å². The topological polar surface area (TPSA) is 0 Å². The molecule has 22 heavy (non-hydrogen) atoms. The zero-order valence-corrected chi connectivity index (χ0v) is 16.5. The summed E-state index contributed by atoms with van der Waals surface area (Å²) < 4.78 is 0. The maximum absolute atomic E-state index is 2.42. The minimum atomic E-state index is 1.30. The van der Waals surface area contributed by atoms with Gasteiger partial charge in [-0.3, -0.25) is 0 Å². The summed E-state index contributed by atoms with van der Waals surface area (Å²) in [5, 5.41) is 4.84. The monoisotopic (exact) mass is 340 g/mol. The van der Waals surface area contributed by atoms with Gasteiger partial charge in [0, 0.05) is 0 Å². The van der Waals surface area contributed by atoms with Gasteiger partial charge in [-0.15, -0.1) is 23.5 Å². The number of hydrogen-bond acceptors (Lipinski definition) is 2. The van der Waals surface area contributed by atoms with Gasteiger partial charge in [0.05, 0.1) is 0 Å². The average Bonchev–Trinajstić information content (AvgIpc) is 2.55. The van der Waals surface area contributed by atoms with Gasteiger partial charge in [-0.25, -0.2) is 0 Å². The third-order valence-electron chi connectivity index (χ3n) is 4.24. The van der Waals surface area contributed by atoms with Crippen molar-refractivity contribution in [3.05, 3.63) is 20.6 Å². The molecule has 0 amide bonds. The van der Waals surface area contributed by atoms with E-state index in [4.69, 9.17) is 0 Å². The molecule has 2 heteroatoms. The Bertz CT molecular complexity index is 286. The van der Waals surface area contributed by atoms with Crippen molar-refractivity contribution in [1.82, 2.24) is 0 Å². The first-order valence-corrected chi connectivity index (χ1v) is 11.3. The Morgan fingerprint density at radius 3 is 1.27 bits per heavy atom. The van der Waals surface area contributed by atoms with Crippen LogP contribution in [0.2, 0.25) is 0 Å². The lowest BCUT2D eigenvalue weighted by atomic mass is 10.1. The molecule has 0 saturated heterocycles. The molecule has 0 nitrogen and oxygen atoms in total. The van der Waals surface area contributed by atoms with Crippen LogP contribution in [-0.2, 0) is 0 Å². The minimum Gasteiger partial charge on any atom is -0.101 e. The van der Waals surface area contributed by atoms with Crippen molar-refractivity contribution in [1.29, 1.82) is 0 Å². The summed E-state index contributed by atoms with van der Waals surface area (Å²) in [6.07, 6.45) is 19.4. The van der Waals surface area contributed by atoms with Crippen molar-refractivity contribution in [3.8, 4) is 0 Å². The molecule has 0 unspecified atom stereocenters. The summed E-state index contributed by atoms with van der Waals surface area (Å²) in [5.74, 6) is 0. The Hall–Kier alpha value is 0.180. The van der Waals surface area contributed by atoms with Crippen molar-refractivity contribution in [2.45, 2.75) is 104 Å². The van der Waals surface area contributed by atoms with Crippen LogP contribution in [0.15, 0.2) is 20.6 Å². The Morgan fingerprint density at radius 2 is 0.909 bits per heavy atom. The van der Waals surface area contributed by atoms with Gasteiger partial charge in [0.1, 0.15) is 0 Å². The Morgan fingerprint density at radius 1 is 0.545 bits per heavy atom. The molecular formula is C20H36S2. The van der Waals surface area contributed by atoms with Gasteiger partial charge in [0.2, 0.25) is 0 Å². The third-order valence-corrected chi connectivity index (χ3v) is 6.59. The lowest BCUT2D eigenvalue weighted by Crippen LogP contribution is -1.86. The van der Waals surface area contributed by atoms with Crippen LogP contribution in [0, 0.1) is 0 Å². The van der Waals surface area contributed by atoms with Crippen LogP contribution >= 0.6 is 23.5 Å². The maximum atomic E-state index is 2.42. The van der Waals surface area contributed by atoms with Gasteiger partial charge >= 0.3 is 0 Å². The molecule has 0 aromatic rings. The van der Waals surface area contributed by atoms with Crippen LogP contribution in [-0.4, -0.2) is 0 Å². The first-order chi connectivity index (χ1) is 10.9. The molecule has 0 spiro atoms. The maximum Gasteiger partial charge on any atom is -0.00417 e. The van der Waals surface area contributed by atoms with E-state index in [-0.39, 0.29) is 0 Å². The first kappa shape index (κ1) is 20.2. The highest BCUT2D eigenvalue weighted by atomic mass is 32.2. The van der Waals surface area contributed by atoms with Crippen LogP contribution in [0.4, 0.5) is 0 Å². The van der Waals surface area contributed by atoms with Crippen molar-refractivity contribution in [2.75, 3.05) is 0 Å². The van der Waals surface area contributed by atoms with Crippen molar-refractivity contribution in [3.63, 3.8) is 0 Å². The van der Waals surface area contributed by atoms with Gasteiger partial charge < -0.3 is 0 Å². The van der Waals surface area contributed by atoms with E-state index in [1.807, 2.05) is 23.5 Å². The molecule has 0 N–H and O–H groups in total. The molecule has 1 rings (SSSR count). The van der Waals surface area contributed by atoms with Crippen molar-refractivity contribution < 1.29 is 0 Å². The first-order valence-electron chi connectivity index (χ1n) is 9.58. The molecule has 0 aromatic carbocycles. The molecular weight excluding hydrogens is 304 g/mol. The summed E-state index contributed by atoms with van der Waals surface area (Å²) in [6.45, 7) is 4.58. The van der Waals surface area contributed by atoms with Crippen LogP contribution in [0.3, 0.4) is 0 Å². The van der Waals surface area contributed by atoms with Crippen molar-refractivity contribution >= 4 is 23.5 Å². The summed E-state index contributed by atoms with van der Waals surface area (Å²) in [7, 11) is 0. The molecule has 0 bridgehead atoms. The van der Waals surface area contributed by atoms with E-state index >= 15 is 0 Å². The fourth-order valence-corrected chi connectivity index (χ4v) is 4.79. The van der Waals surface area contributed by atoms with E-state index in [0.717, 1.165) is 0 Å².